The van der Waals surface area contributed by atoms with Gasteiger partial charge < -0.3 is 9.47 Å². The number of hydrogen-bond donors (Lipinski definition) is 0. The summed E-state index contributed by atoms with van der Waals surface area (Å²) in [6, 6.07) is 20.8. The smallest absolute Gasteiger partial charge is 0.363 e. The summed E-state index contributed by atoms with van der Waals surface area (Å²) in [5.74, 6) is -0.0931. The molecule has 0 radical (unpaired) electrons. The molecule has 4 nitrogen and oxygen atoms in total. The van der Waals surface area contributed by atoms with E-state index in [9.17, 15) is 9.18 Å². The number of carbonyl (C=O) groups excluding carboxylic acids is 1. The molecule has 0 saturated carbocycles. The van der Waals surface area contributed by atoms with Crippen LogP contribution >= 0.6 is 15.9 Å². The van der Waals surface area contributed by atoms with Gasteiger partial charge in [0.05, 0.1) is 0 Å². The summed E-state index contributed by atoms with van der Waals surface area (Å²) in [4.78, 5) is 16.4. The molecule has 0 fully saturated rings. The van der Waals surface area contributed by atoms with Crippen molar-refractivity contribution < 1.29 is 18.7 Å². The Labute approximate surface area is 175 Å². The summed E-state index contributed by atoms with van der Waals surface area (Å²) in [6.07, 6.45) is 1.63. The lowest BCUT2D eigenvalue weighted by molar-refractivity contribution is -0.129. The average molecular weight is 452 g/mol. The third kappa shape index (κ3) is 4.60. The number of rotatable bonds is 5. The second-order valence-corrected chi connectivity index (χ2v) is 7.15. The molecule has 0 aromatic heterocycles. The SMILES string of the molecule is O=C1OC(c2ccc(F)cc2)=NC1=Cc1cccc(OCc2ccccc2Br)c1. The highest BCUT2D eigenvalue weighted by Gasteiger charge is 2.24. The first-order valence-corrected chi connectivity index (χ1v) is 9.62. The number of ether oxygens (including phenoxy) is 2. The van der Waals surface area contributed by atoms with Crippen molar-refractivity contribution >= 4 is 33.9 Å². The number of aliphatic imine (C=N–C) groups is 1. The van der Waals surface area contributed by atoms with Crippen LogP contribution in [0, 0.1) is 5.82 Å². The van der Waals surface area contributed by atoms with E-state index in [0.717, 1.165) is 15.6 Å². The maximum atomic E-state index is 13.1. The molecule has 0 aliphatic carbocycles. The van der Waals surface area contributed by atoms with Gasteiger partial charge in [0.1, 0.15) is 18.2 Å². The Hall–Kier alpha value is -3.25. The minimum Gasteiger partial charge on any atom is -0.489 e. The highest BCUT2D eigenvalue weighted by Crippen LogP contribution is 2.23. The van der Waals surface area contributed by atoms with Gasteiger partial charge in [-0.05, 0) is 54.1 Å². The first-order chi connectivity index (χ1) is 14.1. The van der Waals surface area contributed by atoms with Crippen LogP contribution in [0.2, 0.25) is 0 Å². The molecule has 6 heteroatoms. The summed E-state index contributed by atoms with van der Waals surface area (Å²) >= 11 is 3.50. The van der Waals surface area contributed by atoms with Crippen LogP contribution in [0.4, 0.5) is 4.39 Å². The Kier molecular flexibility index (Phi) is 5.53. The molecule has 29 heavy (non-hydrogen) atoms. The standard InChI is InChI=1S/C23H15BrFNO3/c24-20-7-2-1-5-17(20)14-28-19-6-3-4-15(12-19)13-21-23(27)29-22(26-21)16-8-10-18(25)11-9-16/h1-13H,14H2. The summed E-state index contributed by atoms with van der Waals surface area (Å²) in [5, 5.41) is 0. The Balaban J connectivity index is 1.52. The lowest BCUT2D eigenvalue weighted by Gasteiger charge is -2.08. The minimum absolute atomic E-state index is 0.155. The molecular formula is C23H15BrFNO3. The summed E-state index contributed by atoms with van der Waals surface area (Å²) in [6.45, 7) is 0.413. The van der Waals surface area contributed by atoms with Crippen LogP contribution in [0.3, 0.4) is 0 Å². The largest absolute Gasteiger partial charge is 0.489 e. The van der Waals surface area contributed by atoms with Crippen molar-refractivity contribution in [2.45, 2.75) is 6.61 Å². The molecule has 0 unspecified atom stereocenters. The molecule has 0 N–H and O–H groups in total. The van der Waals surface area contributed by atoms with E-state index in [1.165, 1.54) is 24.3 Å². The minimum atomic E-state index is -0.552. The lowest BCUT2D eigenvalue weighted by Crippen LogP contribution is -2.05. The highest BCUT2D eigenvalue weighted by atomic mass is 79.9. The number of esters is 1. The molecule has 3 aromatic carbocycles. The monoisotopic (exact) mass is 451 g/mol. The van der Waals surface area contributed by atoms with E-state index >= 15 is 0 Å². The van der Waals surface area contributed by atoms with Gasteiger partial charge in [-0.1, -0.05) is 46.3 Å². The first kappa shape index (κ1) is 19.1. The van der Waals surface area contributed by atoms with Gasteiger partial charge in [-0.15, -0.1) is 0 Å². The van der Waals surface area contributed by atoms with Crippen LogP contribution in [0.1, 0.15) is 16.7 Å². The molecule has 144 valence electrons. The number of carbonyl (C=O) groups is 1. The molecule has 3 aromatic rings. The summed E-state index contributed by atoms with van der Waals surface area (Å²) < 4.78 is 25.1. The normalized spacial score (nSPS) is 14.6. The molecule has 1 heterocycles. The van der Waals surface area contributed by atoms with Crippen LogP contribution < -0.4 is 4.74 Å². The maximum Gasteiger partial charge on any atom is 0.363 e. The van der Waals surface area contributed by atoms with Gasteiger partial charge in [0.15, 0.2) is 5.70 Å². The van der Waals surface area contributed by atoms with Crippen LogP contribution in [0.15, 0.2) is 88.0 Å². The van der Waals surface area contributed by atoms with Crippen LogP contribution in [0.25, 0.3) is 6.08 Å². The zero-order valence-electron chi connectivity index (χ0n) is 15.1. The van der Waals surface area contributed by atoms with E-state index in [1.54, 1.807) is 6.08 Å². The number of benzene rings is 3. The van der Waals surface area contributed by atoms with E-state index in [0.29, 0.717) is 17.9 Å². The van der Waals surface area contributed by atoms with E-state index in [4.69, 9.17) is 9.47 Å². The van der Waals surface area contributed by atoms with E-state index < -0.39 is 5.97 Å². The number of halogens is 2. The lowest BCUT2D eigenvalue weighted by atomic mass is 10.2. The molecule has 0 bridgehead atoms. The van der Waals surface area contributed by atoms with Gasteiger partial charge in [-0.3, -0.25) is 0 Å². The summed E-state index contributed by atoms with van der Waals surface area (Å²) in [5.41, 5.74) is 2.50. The number of cyclic esters (lactones) is 1. The molecule has 4 rings (SSSR count). The Bertz CT molecular complexity index is 1120. The van der Waals surface area contributed by atoms with Gasteiger partial charge in [0.25, 0.3) is 0 Å². The fraction of sp³-hybridized carbons (Fsp3) is 0.0435. The van der Waals surface area contributed by atoms with Crippen LogP contribution in [-0.4, -0.2) is 11.9 Å². The van der Waals surface area contributed by atoms with Crippen molar-refractivity contribution in [3.63, 3.8) is 0 Å². The van der Waals surface area contributed by atoms with Crippen molar-refractivity contribution in [1.82, 2.24) is 0 Å². The second-order valence-electron chi connectivity index (χ2n) is 6.30. The van der Waals surface area contributed by atoms with Crippen LogP contribution in [0.5, 0.6) is 5.75 Å². The van der Waals surface area contributed by atoms with Gasteiger partial charge in [0, 0.05) is 15.6 Å². The van der Waals surface area contributed by atoms with Gasteiger partial charge in [-0.2, -0.15) is 0 Å². The number of hydrogen-bond acceptors (Lipinski definition) is 4. The molecular weight excluding hydrogens is 437 g/mol. The molecule has 0 saturated heterocycles. The maximum absolute atomic E-state index is 13.1. The molecule has 0 atom stereocenters. The predicted octanol–water partition coefficient (Wildman–Crippen LogP) is 5.51. The van der Waals surface area contributed by atoms with Crippen molar-refractivity contribution in [3.8, 4) is 5.75 Å². The molecule has 0 spiro atoms. The van der Waals surface area contributed by atoms with E-state index in [1.807, 2.05) is 48.5 Å². The van der Waals surface area contributed by atoms with Crippen molar-refractivity contribution in [2.24, 2.45) is 4.99 Å². The van der Waals surface area contributed by atoms with Crippen molar-refractivity contribution in [3.05, 3.63) is 105 Å². The Morgan fingerprint density at radius 1 is 1.03 bits per heavy atom. The molecule has 1 aliphatic rings. The Morgan fingerprint density at radius 2 is 1.83 bits per heavy atom. The number of nitrogens with zero attached hydrogens (tertiary/aromatic N) is 1. The quantitative estimate of drug-likeness (QED) is 0.379. The average Bonchev–Trinajstić information content (AvgIpc) is 3.08. The zero-order chi connectivity index (χ0) is 20.2. The molecule has 1 aliphatic heterocycles. The zero-order valence-corrected chi connectivity index (χ0v) is 16.7. The van der Waals surface area contributed by atoms with Crippen LogP contribution in [-0.2, 0) is 16.1 Å². The Morgan fingerprint density at radius 3 is 2.62 bits per heavy atom. The predicted molar refractivity (Wildman–Crippen MR) is 112 cm³/mol. The molecule has 0 amide bonds. The fourth-order valence-corrected chi connectivity index (χ4v) is 3.15. The van der Waals surface area contributed by atoms with Gasteiger partial charge in [0.2, 0.25) is 5.90 Å². The van der Waals surface area contributed by atoms with Gasteiger partial charge >= 0.3 is 5.97 Å². The van der Waals surface area contributed by atoms with E-state index in [-0.39, 0.29) is 17.4 Å². The highest BCUT2D eigenvalue weighted by molar-refractivity contribution is 9.10. The van der Waals surface area contributed by atoms with Gasteiger partial charge in [-0.25, -0.2) is 14.2 Å². The van der Waals surface area contributed by atoms with E-state index in [2.05, 4.69) is 20.9 Å². The van der Waals surface area contributed by atoms with Crippen molar-refractivity contribution in [2.75, 3.05) is 0 Å². The summed E-state index contributed by atoms with van der Waals surface area (Å²) in [7, 11) is 0. The second kappa shape index (κ2) is 8.41. The third-order valence-corrected chi connectivity index (χ3v) is 5.00. The first-order valence-electron chi connectivity index (χ1n) is 8.83. The fourth-order valence-electron chi connectivity index (χ4n) is 2.75. The van der Waals surface area contributed by atoms with Crippen molar-refractivity contribution in [1.29, 1.82) is 0 Å². The topological polar surface area (TPSA) is 47.9 Å². The third-order valence-electron chi connectivity index (χ3n) is 4.23.